The van der Waals surface area contributed by atoms with Gasteiger partial charge in [0.1, 0.15) is 5.75 Å². The van der Waals surface area contributed by atoms with Gasteiger partial charge in [0.2, 0.25) is 0 Å². The molecule has 0 fully saturated rings. The van der Waals surface area contributed by atoms with Crippen LogP contribution in [-0.2, 0) is 12.0 Å². The highest BCUT2D eigenvalue weighted by molar-refractivity contribution is 5.44. The molecule has 0 heterocycles. The molecule has 2 aromatic rings. The van der Waals surface area contributed by atoms with Crippen LogP contribution in [0, 0.1) is 5.82 Å². The first-order chi connectivity index (χ1) is 9.43. The molecule has 2 aromatic carbocycles. The van der Waals surface area contributed by atoms with E-state index in [4.69, 9.17) is 10.5 Å². The van der Waals surface area contributed by atoms with E-state index < -0.39 is 5.82 Å². The molecule has 2 rings (SSSR count). The van der Waals surface area contributed by atoms with Gasteiger partial charge in [-0.15, -0.1) is 0 Å². The summed E-state index contributed by atoms with van der Waals surface area (Å²) in [4.78, 5) is 0. The number of para-hydroxylation sites is 2. The molecule has 2 N–H and O–H groups in total. The maximum Gasteiger partial charge on any atom is 0.167 e. The number of hydrogen-bond acceptors (Lipinski definition) is 2. The van der Waals surface area contributed by atoms with Crippen LogP contribution in [0.4, 0.5) is 4.39 Å². The molecule has 0 aliphatic carbocycles. The maximum absolute atomic E-state index is 14.0. The zero-order valence-corrected chi connectivity index (χ0v) is 12.1. The summed E-state index contributed by atoms with van der Waals surface area (Å²) in [5, 5.41) is 0. The van der Waals surface area contributed by atoms with E-state index in [1.54, 1.807) is 12.1 Å². The molecule has 0 spiro atoms. The minimum absolute atomic E-state index is 0.0786. The molecule has 0 unspecified atom stereocenters. The minimum atomic E-state index is -0.392. The molecule has 0 radical (unpaired) electrons. The van der Waals surface area contributed by atoms with Gasteiger partial charge in [-0.25, -0.2) is 4.39 Å². The van der Waals surface area contributed by atoms with Crippen LogP contribution in [0.2, 0.25) is 0 Å². The van der Waals surface area contributed by atoms with E-state index in [9.17, 15) is 4.39 Å². The third kappa shape index (κ3) is 2.99. The fraction of sp³-hybridized carbons (Fsp3) is 0.294. The predicted molar refractivity (Wildman–Crippen MR) is 79.5 cm³/mol. The molecule has 0 aromatic heterocycles. The van der Waals surface area contributed by atoms with E-state index in [2.05, 4.69) is 20.8 Å². The van der Waals surface area contributed by atoms with Crippen LogP contribution < -0.4 is 10.5 Å². The number of halogens is 1. The van der Waals surface area contributed by atoms with Crippen LogP contribution in [0.3, 0.4) is 0 Å². The van der Waals surface area contributed by atoms with E-state index in [-0.39, 0.29) is 17.7 Å². The predicted octanol–water partition coefficient (Wildman–Crippen LogP) is 4.37. The highest BCUT2D eigenvalue weighted by Crippen LogP contribution is 2.35. The topological polar surface area (TPSA) is 35.2 Å². The Kier molecular flexibility index (Phi) is 4.09. The van der Waals surface area contributed by atoms with Crippen molar-refractivity contribution in [2.45, 2.75) is 32.7 Å². The number of hydrogen-bond donors (Lipinski definition) is 1. The molecule has 20 heavy (non-hydrogen) atoms. The van der Waals surface area contributed by atoms with Crippen molar-refractivity contribution in [3.8, 4) is 11.5 Å². The second-order valence-corrected chi connectivity index (χ2v) is 5.78. The molecule has 2 nitrogen and oxygen atoms in total. The third-order valence-corrected chi connectivity index (χ3v) is 3.18. The summed E-state index contributed by atoms with van der Waals surface area (Å²) in [5.41, 5.74) is 7.27. The molecule has 0 atom stereocenters. The molecule has 0 aliphatic rings. The largest absolute Gasteiger partial charge is 0.454 e. The van der Waals surface area contributed by atoms with Crippen molar-refractivity contribution in [3.05, 3.63) is 59.4 Å². The highest BCUT2D eigenvalue weighted by Gasteiger charge is 2.20. The first kappa shape index (κ1) is 14.5. The van der Waals surface area contributed by atoms with Crippen molar-refractivity contribution >= 4 is 0 Å². The van der Waals surface area contributed by atoms with Crippen molar-refractivity contribution in [1.29, 1.82) is 0 Å². The van der Waals surface area contributed by atoms with Crippen molar-refractivity contribution in [3.63, 3.8) is 0 Å². The van der Waals surface area contributed by atoms with Crippen molar-refractivity contribution in [1.82, 2.24) is 0 Å². The van der Waals surface area contributed by atoms with E-state index in [0.717, 1.165) is 5.56 Å². The monoisotopic (exact) mass is 273 g/mol. The zero-order chi connectivity index (χ0) is 14.8. The Morgan fingerprint density at radius 1 is 1.05 bits per heavy atom. The van der Waals surface area contributed by atoms with Gasteiger partial charge in [-0.3, -0.25) is 0 Å². The smallest absolute Gasteiger partial charge is 0.167 e. The van der Waals surface area contributed by atoms with E-state index in [1.165, 1.54) is 6.07 Å². The maximum atomic E-state index is 14.0. The summed E-state index contributed by atoms with van der Waals surface area (Å²) in [6, 6.07) is 12.5. The fourth-order valence-corrected chi connectivity index (χ4v) is 2.11. The number of ether oxygens (including phenoxy) is 1. The Morgan fingerprint density at radius 3 is 2.40 bits per heavy atom. The molecule has 0 bridgehead atoms. The van der Waals surface area contributed by atoms with Crippen LogP contribution in [-0.4, -0.2) is 0 Å². The number of nitrogens with two attached hydrogens (primary N) is 1. The summed E-state index contributed by atoms with van der Waals surface area (Å²) < 4.78 is 19.8. The lowest BCUT2D eigenvalue weighted by molar-refractivity contribution is 0.420. The Bertz CT molecular complexity index is 602. The minimum Gasteiger partial charge on any atom is -0.454 e. The third-order valence-electron chi connectivity index (χ3n) is 3.18. The standard InChI is InChI=1S/C17H20FNO/c1-17(2,3)13-8-4-5-10-15(13)20-16-12(11-19)7-6-9-14(16)18/h4-10H,11,19H2,1-3H3. The van der Waals surface area contributed by atoms with Gasteiger partial charge in [-0.05, 0) is 17.5 Å². The van der Waals surface area contributed by atoms with Gasteiger partial charge in [0.15, 0.2) is 11.6 Å². The summed E-state index contributed by atoms with van der Waals surface area (Å²) >= 11 is 0. The van der Waals surface area contributed by atoms with E-state index >= 15 is 0 Å². The molecule has 3 heteroatoms. The normalized spacial score (nSPS) is 11.4. The summed E-state index contributed by atoms with van der Waals surface area (Å²) in [6.45, 7) is 6.53. The fourth-order valence-electron chi connectivity index (χ4n) is 2.11. The number of rotatable bonds is 3. The number of benzene rings is 2. The first-order valence-corrected chi connectivity index (χ1v) is 6.68. The molecular formula is C17H20FNO. The van der Waals surface area contributed by atoms with E-state index in [1.807, 2.05) is 24.3 Å². The van der Waals surface area contributed by atoms with Crippen LogP contribution >= 0.6 is 0 Å². The lowest BCUT2D eigenvalue weighted by Gasteiger charge is -2.23. The average molecular weight is 273 g/mol. The Balaban J connectivity index is 2.46. The van der Waals surface area contributed by atoms with Crippen molar-refractivity contribution < 1.29 is 9.13 Å². The SMILES string of the molecule is CC(C)(C)c1ccccc1Oc1c(F)cccc1CN. The van der Waals surface area contributed by atoms with Crippen LogP contribution in [0.5, 0.6) is 11.5 Å². The molecule has 0 aliphatic heterocycles. The second-order valence-electron chi connectivity index (χ2n) is 5.78. The van der Waals surface area contributed by atoms with Crippen molar-refractivity contribution in [2.75, 3.05) is 0 Å². The lowest BCUT2D eigenvalue weighted by atomic mass is 9.86. The Labute approximate surface area is 119 Å². The van der Waals surface area contributed by atoms with Crippen molar-refractivity contribution in [2.24, 2.45) is 5.73 Å². The van der Waals surface area contributed by atoms with Crippen LogP contribution in [0.25, 0.3) is 0 Å². The molecule has 0 amide bonds. The molecular weight excluding hydrogens is 253 g/mol. The zero-order valence-electron chi connectivity index (χ0n) is 12.1. The van der Waals surface area contributed by atoms with Crippen LogP contribution in [0.1, 0.15) is 31.9 Å². The van der Waals surface area contributed by atoms with Gasteiger partial charge in [0.05, 0.1) is 0 Å². The van der Waals surface area contributed by atoms with Gasteiger partial charge in [0.25, 0.3) is 0 Å². The molecule has 0 saturated carbocycles. The molecule has 0 saturated heterocycles. The Morgan fingerprint density at radius 2 is 1.75 bits per heavy atom. The van der Waals surface area contributed by atoms with Gasteiger partial charge in [-0.2, -0.15) is 0 Å². The van der Waals surface area contributed by atoms with Gasteiger partial charge >= 0.3 is 0 Å². The quantitative estimate of drug-likeness (QED) is 0.901. The highest BCUT2D eigenvalue weighted by atomic mass is 19.1. The van der Waals surface area contributed by atoms with Crippen LogP contribution in [0.15, 0.2) is 42.5 Å². The first-order valence-electron chi connectivity index (χ1n) is 6.68. The van der Waals surface area contributed by atoms with Gasteiger partial charge < -0.3 is 10.5 Å². The molecule has 106 valence electrons. The summed E-state index contributed by atoms with van der Waals surface area (Å²) in [5.74, 6) is 0.489. The average Bonchev–Trinajstić information content (AvgIpc) is 2.40. The Hall–Kier alpha value is -1.87. The lowest BCUT2D eigenvalue weighted by Crippen LogP contribution is -2.13. The van der Waals surface area contributed by atoms with Gasteiger partial charge in [0, 0.05) is 17.7 Å². The summed E-state index contributed by atoms with van der Waals surface area (Å²) in [7, 11) is 0. The second kappa shape index (κ2) is 5.63. The van der Waals surface area contributed by atoms with E-state index in [0.29, 0.717) is 11.3 Å². The summed E-state index contributed by atoms with van der Waals surface area (Å²) in [6.07, 6.45) is 0. The van der Waals surface area contributed by atoms with Gasteiger partial charge in [-0.1, -0.05) is 51.1 Å².